The average Bonchev–Trinajstić information content (AvgIpc) is 2.93. The van der Waals surface area contributed by atoms with Gasteiger partial charge in [0.2, 0.25) is 0 Å². The average molecular weight is 362 g/mol. The zero-order valence-electron chi connectivity index (χ0n) is 9.48. The highest BCUT2D eigenvalue weighted by Gasteiger charge is 2.90. The van der Waals surface area contributed by atoms with Crippen molar-refractivity contribution >= 4 is 37.8 Å². The first kappa shape index (κ1) is 10.2. The summed E-state index contributed by atoms with van der Waals surface area (Å²) in [6, 6.07) is 0. The van der Waals surface area contributed by atoms with Crippen LogP contribution in [0.3, 0.4) is 0 Å². The van der Waals surface area contributed by atoms with Gasteiger partial charge in [-0.2, -0.15) is 0 Å². The van der Waals surface area contributed by atoms with Gasteiger partial charge in [-0.25, -0.2) is 0 Å². The van der Waals surface area contributed by atoms with Gasteiger partial charge in [0.25, 0.3) is 0 Å². The number of esters is 1. The lowest BCUT2D eigenvalue weighted by atomic mass is 9.69. The summed E-state index contributed by atoms with van der Waals surface area (Å²) < 4.78 is 5.94. The topological polar surface area (TPSA) is 26.3 Å². The van der Waals surface area contributed by atoms with Gasteiger partial charge in [0.1, 0.15) is 5.60 Å². The molecule has 6 aliphatic rings. The SMILES string of the molecule is CC(=O)O[C@]12[C@@H]3[C@H]4CC5C([C@H]4[C@@H]1Br)[C@H]2[C@@H](Br)[C@@H]53. The maximum Gasteiger partial charge on any atom is 0.303 e. The van der Waals surface area contributed by atoms with Crippen LogP contribution < -0.4 is 0 Å². The van der Waals surface area contributed by atoms with Crippen LogP contribution >= 0.6 is 31.9 Å². The van der Waals surface area contributed by atoms with Gasteiger partial charge in [-0.1, -0.05) is 31.9 Å². The van der Waals surface area contributed by atoms with Gasteiger partial charge in [0, 0.05) is 23.6 Å². The monoisotopic (exact) mass is 360 g/mol. The van der Waals surface area contributed by atoms with Gasteiger partial charge in [-0.05, 0) is 36.0 Å². The molecule has 10 atom stereocenters. The Morgan fingerprint density at radius 3 is 2.65 bits per heavy atom. The van der Waals surface area contributed by atoms with Crippen molar-refractivity contribution in [3.8, 4) is 0 Å². The number of rotatable bonds is 1. The second kappa shape index (κ2) is 2.65. The van der Waals surface area contributed by atoms with E-state index in [9.17, 15) is 4.79 Å². The fraction of sp³-hybridized carbons (Fsp3) is 0.923. The predicted octanol–water partition coefficient (Wildman–Crippen LogP) is 2.59. The third kappa shape index (κ3) is 0.752. The number of hydrogen-bond acceptors (Lipinski definition) is 2. The molecular formula is C13H14Br2O2. The van der Waals surface area contributed by atoms with Crippen LogP contribution in [0.4, 0.5) is 0 Å². The molecule has 0 amide bonds. The Morgan fingerprint density at radius 2 is 1.94 bits per heavy atom. The zero-order valence-corrected chi connectivity index (χ0v) is 12.6. The van der Waals surface area contributed by atoms with E-state index < -0.39 is 0 Å². The van der Waals surface area contributed by atoms with Crippen molar-refractivity contribution in [1.29, 1.82) is 0 Å². The molecule has 0 aromatic carbocycles. The Balaban J connectivity index is 1.74. The van der Waals surface area contributed by atoms with Gasteiger partial charge in [0.05, 0.1) is 4.83 Å². The molecule has 6 aliphatic carbocycles. The number of carbonyl (C=O) groups excluding carboxylic acids is 1. The predicted molar refractivity (Wildman–Crippen MR) is 69.0 cm³/mol. The van der Waals surface area contributed by atoms with Crippen LogP contribution in [-0.2, 0) is 9.53 Å². The molecule has 2 nitrogen and oxygen atoms in total. The molecule has 2 unspecified atom stereocenters. The van der Waals surface area contributed by atoms with Crippen LogP contribution in [0.5, 0.6) is 0 Å². The molecule has 0 radical (unpaired) electrons. The van der Waals surface area contributed by atoms with E-state index in [4.69, 9.17) is 4.74 Å². The summed E-state index contributed by atoms with van der Waals surface area (Å²) in [5.41, 5.74) is -0.155. The van der Waals surface area contributed by atoms with Gasteiger partial charge in [-0.3, -0.25) is 4.79 Å². The largest absolute Gasteiger partial charge is 0.457 e. The maximum atomic E-state index is 11.5. The van der Waals surface area contributed by atoms with Crippen molar-refractivity contribution in [2.75, 3.05) is 0 Å². The van der Waals surface area contributed by atoms with E-state index in [0.717, 1.165) is 29.6 Å². The van der Waals surface area contributed by atoms with E-state index in [0.29, 0.717) is 21.5 Å². The van der Waals surface area contributed by atoms with E-state index in [-0.39, 0.29) is 11.6 Å². The van der Waals surface area contributed by atoms with Gasteiger partial charge in [0.15, 0.2) is 0 Å². The Kier molecular flexibility index (Phi) is 1.60. The van der Waals surface area contributed by atoms with Crippen LogP contribution in [0.1, 0.15) is 13.3 Å². The molecule has 0 aromatic rings. The normalized spacial score (nSPS) is 72.1. The minimum atomic E-state index is -0.155. The van der Waals surface area contributed by atoms with Crippen molar-refractivity contribution < 1.29 is 9.53 Å². The van der Waals surface area contributed by atoms with Crippen LogP contribution in [0.25, 0.3) is 0 Å². The van der Waals surface area contributed by atoms with Gasteiger partial charge >= 0.3 is 5.97 Å². The second-order valence-corrected chi connectivity index (χ2v) is 8.68. The van der Waals surface area contributed by atoms with E-state index in [1.807, 2.05) is 0 Å². The van der Waals surface area contributed by atoms with Crippen molar-refractivity contribution in [3.63, 3.8) is 0 Å². The molecule has 0 saturated heterocycles. The molecule has 0 N–H and O–H groups in total. The minimum Gasteiger partial charge on any atom is -0.457 e. The van der Waals surface area contributed by atoms with Crippen LogP contribution in [0.2, 0.25) is 0 Å². The van der Waals surface area contributed by atoms with E-state index in [1.54, 1.807) is 6.92 Å². The van der Waals surface area contributed by atoms with Crippen LogP contribution in [0.15, 0.2) is 0 Å². The molecule has 6 rings (SSSR count). The zero-order chi connectivity index (χ0) is 11.7. The van der Waals surface area contributed by atoms with E-state index in [2.05, 4.69) is 31.9 Å². The standard InChI is InChI=1S/C13H14Br2O2/c1-3(16)17-13-9-5-2-4-6(7(5)12(13)15)10(13)11(14)8(4)9/h4-12H,2H2,1H3/t4?,5-,6?,7-,8-,9+,10-,11-,12-,13-/m0/s1. The molecule has 6 fully saturated rings. The third-order valence-electron chi connectivity index (χ3n) is 6.60. The highest BCUT2D eigenvalue weighted by molar-refractivity contribution is 9.10. The first-order valence-electron chi connectivity index (χ1n) is 6.56. The summed E-state index contributed by atoms with van der Waals surface area (Å²) in [6.45, 7) is 1.57. The first-order valence-corrected chi connectivity index (χ1v) is 8.40. The second-order valence-electron chi connectivity index (χ2n) is 6.64. The molecule has 17 heavy (non-hydrogen) atoms. The van der Waals surface area contributed by atoms with E-state index in [1.165, 1.54) is 6.42 Å². The quantitative estimate of drug-likeness (QED) is 0.530. The number of ether oxygens (including phenoxy) is 1. The molecular weight excluding hydrogens is 348 g/mol. The summed E-state index contributed by atoms with van der Waals surface area (Å²) in [5.74, 6) is 5.28. The summed E-state index contributed by atoms with van der Waals surface area (Å²) in [5, 5.41) is 0. The summed E-state index contributed by atoms with van der Waals surface area (Å²) >= 11 is 7.83. The highest BCUT2D eigenvalue weighted by Crippen LogP contribution is 2.86. The Hall–Kier alpha value is 0.430. The Bertz CT molecular complexity index is 449. The molecule has 92 valence electrons. The number of alkyl halides is 2. The maximum absolute atomic E-state index is 11.5. The van der Waals surface area contributed by atoms with Crippen molar-refractivity contribution in [2.24, 2.45) is 41.4 Å². The third-order valence-corrected chi connectivity index (χ3v) is 9.11. The lowest BCUT2D eigenvalue weighted by molar-refractivity contribution is -0.167. The Morgan fingerprint density at radius 1 is 1.18 bits per heavy atom. The van der Waals surface area contributed by atoms with Crippen molar-refractivity contribution in [2.45, 2.75) is 28.6 Å². The molecule has 4 heteroatoms. The molecule has 0 aromatic heterocycles. The van der Waals surface area contributed by atoms with Crippen LogP contribution in [0, 0.1) is 41.4 Å². The molecule has 0 aliphatic heterocycles. The molecule has 6 saturated carbocycles. The van der Waals surface area contributed by atoms with E-state index >= 15 is 0 Å². The smallest absolute Gasteiger partial charge is 0.303 e. The number of halogens is 2. The molecule has 0 spiro atoms. The first-order chi connectivity index (χ1) is 8.09. The fourth-order valence-corrected chi connectivity index (χ4v) is 9.81. The molecule has 0 heterocycles. The summed E-state index contributed by atoms with van der Waals surface area (Å²) in [6.07, 6.45) is 1.40. The molecule has 6 bridgehead atoms. The van der Waals surface area contributed by atoms with Crippen molar-refractivity contribution in [3.05, 3.63) is 0 Å². The lowest BCUT2D eigenvalue weighted by Crippen LogP contribution is -2.49. The lowest BCUT2D eigenvalue weighted by Gasteiger charge is -2.41. The highest BCUT2D eigenvalue weighted by atomic mass is 79.9. The van der Waals surface area contributed by atoms with Gasteiger partial charge in [-0.15, -0.1) is 0 Å². The minimum absolute atomic E-state index is 0.0924. The summed E-state index contributed by atoms with van der Waals surface area (Å²) in [7, 11) is 0. The number of hydrogen-bond donors (Lipinski definition) is 0. The fourth-order valence-electron chi connectivity index (χ4n) is 6.87. The summed E-state index contributed by atoms with van der Waals surface area (Å²) in [4.78, 5) is 12.6. The van der Waals surface area contributed by atoms with Crippen molar-refractivity contribution in [1.82, 2.24) is 0 Å². The van der Waals surface area contributed by atoms with Crippen LogP contribution in [-0.4, -0.2) is 21.2 Å². The van der Waals surface area contributed by atoms with Gasteiger partial charge < -0.3 is 4.74 Å². The Labute approximate surface area is 117 Å². The number of carbonyl (C=O) groups is 1.